The zero-order valence-electron chi connectivity index (χ0n) is 13.4. The number of nitrogens with two attached hydrogens (primary N) is 1. The van der Waals surface area contributed by atoms with Crippen molar-refractivity contribution in [3.63, 3.8) is 0 Å². The first kappa shape index (κ1) is 17.6. The molecule has 4 N–H and O–H groups in total. The highest BCUT2D eigenvalue weighted by Gasteiger charge is 2.25. The van der Waals surface area contributed by atoms with Crippen molar-refractivity contribution in [3.8, 4) is 11.3 Å². The molecule has 0 aliphatic carbocycles. The Kier molecular flexibility index (Phi) is 5.21. The number of anilines is 1. The molecule has 25 heavy (non-hydrogen) atoms. The van der Waals surface area contributed by atoms with Gasteiger partial charge in [-0.3, -0.25) is 5.43 Å². The van der Waals surface area contributed by atoms with Crippen molar-refractivity contribution in [2.24, 2.45) is 5.73 Å². The summed E-state index contributed by atoms with van der Waals surface area (Å²) in [6, 6.07) is 5.97. The number of nitrogens with zero attached hydrogens (tertiary/aromatic N) is 2. The number of thiazole rings is 1. The number of hydrazine groups is 1. The molecule has 1 aliphatic heterocycles. The average Bonchev–Trinajstić information content (AvgIpc) is 3.10. The Hall–Kier alpha value is -2.17. The van der Waals surface area contributed by atoms with E-state index < -0.39 is 16.1 Å². The topological polar surface area (TPSA) is 117 Å². The third kappa shape index (κ3) is 4.09. The first-order valence-corrected chi connectivity index (χ1v) is 10.2. The van der Waals surface area contributed by atoms with Crippen LogP contribution in [0.25, 0.3) is 11.3 Å². The minimum atomic E-state index is -3.43. The van der Waals surface area contributed by atoms with Crippen LogP contribution in [0.5, 0.6) is 0 Å². The highest BCUT2D eigenvalue weighted by Crippen LogP contribution is 2.27. The number of benzene rings is 1. The monoisotopic (exact) mass is 381 g/mol. The van der Waals surface area contributed by atoms with E-state index in [1.54, 1.807) is 34.0 Å². The third-order valence-corrected chi connectivity index (χ3v) is 6.57. The minimum Gasteiger partial charge on any atom is -0.350 e. The van der Waals surface area contributed by atoms with Crippen LogP contribution < -0.4 is 16.6 Å². The summed E-state index contributed by atoms with van der Waals surface area (Å²) in [6.07, 6.45) is 2.90. The van der Waals surface area contributed by atoms with Crippen LogP contribution in [0.4, 0.5) is 9.93 Å². The van der Waals surface area contributed by atoms with Crippen LogP contribution in [0.1, 0.15) is 19.3 Å². The van der Waals surface area contributed by atoms with Crippen LogP contribution in [0, 0.1) is 0 Å². The first-order chi connectivity index (χ1) is 12.0. The Labute approximate surface area is 150 Å². The number of urea groups is 1. The Bertz CT molecular complexity index is 842. The summed E-state index contributed by atoms with van der Waals surface area (Å²) in [5.41, 5.74) is 11.3. The number of aromatic nitrogens is 1. The van der Waals surface area contributed by atoms with Crippen LogP contribution in [-0.4, -0.2) is 36.8 Å². The standard InChI is InChI=1S/C15H19N5O3S2/c16-14(21)18-19-15-17-13(10-24-15)11-4-6-12(7-5-11)25(22,23)20-8-2-1-3-9-20/h4-7,10H,1-3,8-9H2,(H,17,19)(H3,16,18,21). The molecule has 0 saturated carbocycles. The number of carbonyl (C=O) groups excluding carboxylic acids is 1. The molecule has 1 saturated heterocycles. The molecule has 0 bridgehead atoms. The molecular formula is C15H19N5O3S2. The summed E-state index contributed by atoms with van der Waals surface area (Å²) in [5, 5.41) is 2.29. The lowest BCUT2D eigenvalue weighted by atomic mass is 10.2. The van der Waals surface area contributed by atoms with E-state index in [9.17, 15) is 13.2 Å². The van der Waals surface area contributed by atoms with Gasteiger partial charge in [-0.05, 0) is 25.0 Å². The molecule has 0 spiro atoms. The zero-order valence-corrected chi connectivity index (χ0v) is 15.1. The van der Waals surface area contributed by atoms with E-state index in [1.807, 2.05) is 0 Å². The molecule has 0 unspecified atom stereocenters. The second-order valence-corrected chi connectivity index (χ2v) is 8.44. The van der Waals surface area contributed by atoms with Crippen molar-refractivity contribution >= 4 is 32.5 Å². The molecule has 2 heterocycles. The molecular weight excluding hydrogens is 362 g/mol. The zero-order chi connectivity index (χ0) is 17.9. The van der Waals surface area contributed by atoms with E-state index >= 15 is 0 Å². The Balaban J connectivity index is 1.75. The summed E-state index contributed by atoms with van der Waals surface area (Å²) in [7, 11) is -3.43. The average molecular weight is 381 g/mol. The molecule has 10 heteroatoms. The van der Waals surface area contributed by atoms with Gasteiger partial charge in [0.2, 0.25) is 15.2 Å². The lowest BCUT2D eigenvalue weighted by Crippen LogP contribution is -2.35. The molecule has 1 aliphatic rings. The lowest BCUT2D eigenvalue weighted by molar-refractivity contribution is 0.250. The van der Waals surface area contributed by atoms with Gasteiger partial charge in [0.25, 0.3) is 0 Å². The van der Waals surface area contributed by atoms with Gasteiger partial charge < -0.3 is 5.73 Å². The number of nitrogens with one attached hydrogen (secondary N) is 2. The quantitative estimate of drug-likeness (QED) is 0.685. The van der Waals surface area contributed by atoms with Crippen molar-refractivity contribution in [1.29, 1.82) is 0 Å². The molecule has 2 amide bonds. The Morgan fingerprint density at radius 2 is 1.84 bits per heavy atom. The molecule has 1 aromatic carbocycles. The van der Waals surface area contributed by atoms with Crippen molar-refractivity contribution in [2.75, 3.05) is 18.5 Å². The van der Waals surface area contributed by atoms with Gasteiger partial charge in [-0.15, -0.1) is 11.3 Å². The Morgan fingerprint density at radius 3 is 2.48 bits per heavy atom. The van der Waals surface area contributed by atoms with E-state index in [2.05, 4.69) is 15.8 Å². The fourth-order valence-corrected chi connectivity index (χ4v) is 4.82. The number of primary amides is 1. The Morgan fingerprint density at radius 1 is 1.16 bits per heavy atom. The minimum absolute atomic E-state index is 0.294. The summed E-state index contributed by atoms with van der Waals surface area (Å²) >= 11 is 1.30. The van der Waals surface area contributed by atoms with E-state index in [0.717, 1.165) is 24.8 Å². The number of rotatable bonds is 5. The van der Waals surface area contributed by atoms with E-state index in [-0.39, 0.29) is 0 Å². The normalized spacial score (nSPS) is 15.7. The number of piperidine rings is 1. The number of hydrogen-bond acceptors (Lipinski definition) is 6. The van der Waals surface area contributed by atoms with Crippen LogP contribution in [-0.2, 0) is 10.0 Å². The summed E-state index contributed by atoms with van der Waals surface area (Å²) in [6.45, 7) is 1.16. The SMILES string of the molecule is NC(=O)NNc1nc(-c2ccc(S(=O)(=O)N3CCCCC3)cc2)cs1. The fourth-order valence-electron chi connectivity index (χ4n) is 2.63. The summed E-state index contributed by atoms with van der Waals surface area (Å²) in [4.78, 5) is 15.3. The number of carbonyl (C=O) groups is 1. The van der Waals surface area contributed by atoms with Gasteiger partial charge in [-0.1, -0.05) is 18.6 Å². The van der Waals surface area contributed by atoms with E-state index in [0.29, 0.717) is 28.8 Å². The molecule has 1 aromatic heterocycles. The number of amides is 2. The van der Waals surface area contributed by atoms with Crippen LogP contribution in [0.2, 0.25) is 0 Å². The lowest BCUT2D eigenvalue weighted by Gasteiger charge is -2.25. The van der Waals surface area contributed by atoms with Gasteiger partial charge in [-0.2, -0.15) is 4.31 Å². The van der Waals surface area contributed by atoms with Gasteiger partial charge in [0.1, 0.15) is 0 Å². The van der Waals surface area contributed by atoms with E-state index in [4.69, 9.17) is 5.73 Å². The fraction of sp³-hybridized carbons (Fsp3) is 0.333. The van der Waals surface area contributed by atoms with Crippen molar-refractivity contribution in [2.45, 2.75) is 24.2 Å². The van der Waals surface area contributed by atoms with Crippen molar-refractivity contribution in [1.82, 2.24) is 14.7 Å². The molecule has 3 rings (SSSR count). The van der Waals surface area contributed by atoms with E-state index in [1.165, 1.54) is 11.3 Å². The maximum atomic E-state index is 12.6. The van der Waals surface area contributed by atoms with Crippen molar-refractivity contribution < 1.29 is 13.2 Å². The molecule has 2 aromatic rings. The third-order valence-electron chi connectivity index (χ3n) is 3.90. The molecule has 8 nitrogen and oxygen atoms in total. The highest BCUT2D eigenvalue weighted by molar-refractivity contribution is 7.89. The molecule has 0 radical (unpaired) electrons. The van der Waals surface area contributed by atoms with Gasteiger partial charge >= 0.3 is 6.03 Å². The number of hydrogen-bond donors (Lipinski definition) is 3. The molecule has 134 valence electrons. The van der Waals surface area contributed by atoms with Crippen LogP contribution in [0.3, 0.4) is 0 Å². The molecule has 1 fully saturated rings. The highest BCUT2D eigenvalue weighted by atomic mass is 32.2. The van der Waals surface area contributed by atoms with Crippen molar-refractivity contribution in [3.05, 3.63) is 29.6 Å². The molecule has 0 atom stereocenters. The first-order valence-electron chi connectivity index (χ1n) is 7.84. The van der Waals surface area contributed by atoms with Gasteiger partial charge in [-0.25, -0.2) is 23.6 Å². The predicted molar refractivity (Wildman–Crippen MR) is 96.5 cm³/mol. The smallest absolute Gasteiger partial charge is 0.330 e. The maximum Gasteiger partial charge on any atom is 0.330 e. The maximum absolute atomic E-state index is 12.6. The van der Waals surface area contributed by atoms with Gasteiger partial charge in [0.05, 0.1) is 10.6 Å². The second-order valence-electron chi connectivity index (χ2n) is 5.64. The van der Waals surface area contributed by atoms with Gasteiger partial charge in [0, 0.05) is 24.0 Å². The predicted octanol–water partition coefficient (Wildman–Crippen LogP) is 1.98. The summed E-state index contributed by atoms with van der Waals surface area (Å²) in [5.74, 6) is 0. The summed E-state index contributed by atoms with van der Waals surface area (Å²) < 4.78 is 26.8. The van der Waals surface area contributed by atoms with Crippen LogP contribution in [0.15, 0.2) is 34.5 Å². The number of sulfonamides is 1. The second kappa shape index (κ2) is 7.38. The largest absolute Gasteiger partial charge is 0.350 e. The van der Waals surface area contributed by atoms with Gasteiger partial charge in [0.15, 0.2) is 0 Å². The van der Waals surface area contributed by atoms with Crippen LogP contribution >= 0.6 is 11.3 Å².